The van der Waals surface area contributed by atoms with E-state index < -0.39 is 24.6 Å². The Morgan fingerprint density at radius 2 is 1.82 bits per heavy atom. The van der Waals surface area contributed by atoms with Gasteiger partial charge in [-0.3, -0.25) is 0 Å². The van der Waals surface area contributed by atoms with E-state index in [4.69, 9.17) is 10.2 Å². The third-order valence-electron chi connectivity index (χ3n) is 2.19. The second-order valence-electron chi connectivity index (χ2n) is 2.99. The molecule has 4 heteroatoms. The molecular formula is C7H12F2O2. The summed E-state index contributed by atoms with van der Waals surface area (Å²) in [6.07, 6.45) is -3.38. The molecule has 66 valence electrons. The Kier molecular flexibility index (Phi) is 2.78. The molecule has 0 amide bonds. The molecule has 0 heterocycles. The Labute approximate surface area is 63.8 Å². The average molecular weight is 166 g/mol. The van der Waals surface area contributed by atoms with Crippen LogP contribution in [0.3, 0.4) is 0 Å². The summed E-state index contributed by atoms with van der Waals surface area (Å²) in [5.74, 6) is -1.03. The maximum atomic E-state index is 12.1. The Balaban J connectivity index is 2.51. The lowest BCUT2D eigenvalue weighted by atomic mass is 9.85. The van der Waals surface area contributed by atoms with Gasteiger partial charge in [-0.1, -0.05) is 6.42 Å². The summed E-state index contributed by atoms with van der Waals surface area (Å²) >= 11 is 0. The predicted octanol–water partition coefficient (Wildman–Crippen LogP) is 0.773. The van der Waals surface area contributed by atoms with Crippen molar-refractivity contribution >= 4 is 0 Å². The zero-order chi connectivity index (χ0) is 8.43. The zero-order valence-corrected chi connectivity index (χ0v) is 6.08. The van der Waals surface area contributed by atoms with E-state index in [2.05, 4.69) is 0 Å². The van der Waals surface area contributed by atoms with Crippen molar-refractivity contribution in [2.24, 2.45) is 5.92 Å². The van der Waals surface area contributed by atoms with Gasteiger partial charge in [0, 0.05) is 5.92 Å². The van der Waals surface area contributed by atoms with Gasteiger partial charge in [0.2, 0.25) is 6.43 Å². The molecule has 2 N–H and O–H groups in total. The van der Waals surface area contributed by atoms with E-state index in [9.17, 15) is 8.78 Å². The number of alkyl halides is 2. The van der Waals surface area contributed by atoms with Gasteiger partial charge in [-0.25, -0.2) is 8.78 Å². The standard InChI is InChI=1S/C7H12F2O2/c8-7(9)4-2-1-3-5(10)6(4)11/h4-7,10-11H,1-3H2. The largest absolute Gasteiger partial charge is 0.390 e. The molecule has 0 aromatic rings. The molecule has 2 nitrogen and oxygen atoms in total. The lowest BCUT2D eigenvalue weighted by molar-refractivity contribution is -0.0930. The first-order chi connectivity index (χ1) is 5.13. The number of rotatable bonds is 1. The predicted molar refractivity (Wildman–Crippen MR) is 35.4 cm³/mol. The van der Waals surface area contributed by atoms with Crippen LogP contribution in [0.25, 0.3) is 0 Å². The second-order valence-corrected chi connectivity index (χ2v) is 2.99. The van der Waals surface area contributed by atoms with Crippen LogP contribution >= 0.6 is 0 Å². The van der Waals surface area contributed by atoms with E-state index in [0.717, 1.165) is 0 Å². The van der Waals surface area contributed by atoms with Gasteiger partial charge in [0.05, 0.1) is 12.2 Å². The highest BCUT2D eigenvalue weighted by Gasteiger charge is 2.35. The van der Waals surface area contributed by atoms with Gasteiger partial charge in [0.1, 0.15) is 0 Å². The van der Waals surface area contributed by atoms with Crippen molar-refractivity contribution in [3.8, 4) is 0 Å². The van der Waals surface area contributed by atoms with Crippen LogP contribution in [-0.4, -0.2) is 28.8 Å². The summed E-state index contributed by atoms with van der Waals surface area (Å²) in [7, 11) is 0. The van der Waals surface area contributed by atoms with Crippen LogP contribution in [0.1, 0.15) is 19.3 Å². The first-order valence-corrected chi connectivity index (χ1v) is 3.77. The molecule has 0 radical (unpaired) electrons. The molecule has 1 aliphatic rings. The second kappa shape index (κ2) is 3.45. The zero-order valence-electron chi connectivity index (χ0n) is 6.08. The molecule has 1 aliphatic carbocycles. The Bertz CT molecular complexity index is 130. The number of aliphatic hydroxyl groups is 2. The number of aliphatic hydroxyl groups excluding tert-OH is 2. The third kappa shape index (κ3) is 1.87. The van der Waals surface area contributed by atoms with Crippen molar-refractivity contribution < 1.29 is 19.0 Å². The van der Waals surface area contributed by atoms with Crippen LogP contribution in [0.15, 0.2) is 0 Å². The fourth-order valence-electron chi connectivity index (χ4n) is 1.46. The van der Waals surface area contributed by atoms with Gasteiger partial charge in [0.25, 0.3) is 0 Å². The van der Waals surface area contributed by atoms with E-state index in [1.165, 1.54) is 0 Å². The minimum atomic E-state index is -2.51. The first-order valence-electron chi connectivity index (χ1n) is 3.77. The van der Waals surface area contributed by atoms with E-state index in [0.29, 0.717) is 19.3 Å². The van der Waals surface area contributed by atoms with Crippen molar-refractivity contribution in [1.29, 1.82) is 0 Å². The third-order valence-corrected chi connectivity index (χ3v) is 2.19. The molecule has 0 saturated heterocycles. The molecule has 0 aromatic heterocycles. The minimum Gasteiger partial charge on any atom is -0.390 e. The fourth-order valence-corrected chi connectivity index (χ4v) is 1.46. The van der Waals surface area contributed by atoms with Gasteiger partial charge < -0.3 is 10.2 Å². The van der Waals surface area contributed by atoms with E-state index in [-0.39, 0.29) is 0 Å². The fraction of sp³-hybridized carbons (Fsp3) is 1.00. The Morgan fingerprint density at radius 3 is 2.27 bits per heavy atom. The first kappa shape index (κ1) is 8.87. The van der Waals surface area contributed by atoms with Crippen molar-refractivity contribution in [1.82, 2.24) is 0 Å². The summed E-state index contributed by atoms with van der Waals surface area (Å²) in [4.78, 5) is 0. The maximum Gasteiger partial charge on any atom is 0.244 e. The van der Waals surface area contributed by atoms with Gasteiger partial charge in [-0.2, -0.15) is 0 Å². The van der Waals surface area contributed by atoms with Crippen molar-refractivity contribution in [2.75, 3.05) is 0 Å². The highest BCUT2D eigenvalue weighted by Crippen LogP contribution is 2.29. The maximum absolute atomic E-state index is 12.1. The summed E-state index contributed by atoms with van der Waals surface area (Å²) in [6.45, 7) is 0. The number of hydrogen-bond donors (Lipinski definition) is 2. The summed E-state index contributed by atoms with van der Waals surface area (Å²) in [5.41, 5.74) is 0. The molecular weight excluding hydrogens is 154 g/mol. The molecule has 0 bridgehead atoms. The van der Waals surface area contributed by atoms with Gasteiger partial charge in [-0.05, 0) is 12.8 Å². The molecule has 11 heavy (non-hydrogen) atoms. The smallest absolute Gasteiger partial charge is 0.244 e. The molecule has 1 fully saturated rings. The highest BCUT2D eigenvalue weighted by atomic mass is 19.3. The van der Waals surface area contributed by atoms with Crippen LogP contribution in [0.2, 0.25) is 0 Å². The Morgan fingerprint density at radius 1 is 1.18 bits per heavy atom. The molecule has 0 aliphatic heterocycles. The summed E-state index contributed by atoms with van der Waals surface area (Å²) < 4.78 is 24.1. The van der Waals surface area contributed by atoms with Gasteiger partial charge in [0.15, 0.2) is 0 Å². The normalized spacial score (nSPS) is 39.5. The van der Waals surface area contributed by atoms with Crippen molar-refractivity contribution in [2.45, 2.75) is 37.9 Å². The number of halogens is 2. The molecule has 1 saturated carbocycles. The van der Waals surface area contributed by atoms with Crippen LogP contribution in [0.4, 0.5) is 8.78 Å². The van der Waals surface area contributed by atoms with Crippen LogP contribution in [0, 0.1) is 5.92 Å². The quantitative estimate of drug-likeness (QED) is 0.604. The molecule has 3 atom stereocenters. The molecule has 0 aromatic carbocycles. The van der Waals surface area contributed by atoms with Crippen LogP contribution < -0.4 is 0 Å². The Hall–Kier alpha value is -0.220. The monoisotopic (exact) mass is 166 g/mol. The van der Waals surface area contributed by atoms with E-state index in [1.807, 2.05) is 0 Å². The van der Waals surface area contributed by atoms with Gasteiger partial charge >= 0.3 is 0 Å². The van der Waals surface area contributed by atoms with Crippen molar-refractivity contribution in [3.05, 3.63) is 0 Å². The van der Waals surface area contributed by atoms with Crippen LogP contribution in [0.5, 0.6) is 0 Å². The van der Waals surface area contributed by atoms with E-state index >= 15 is 0 Å². The minimum absolute atomic E-state index is 0.315. The molecule has 0 spiro atoms. The molecule has 3 unspecified atom stereocenters. The summed E-state index contributed by atoms with van der Waals surface area (Å²) in [5, 5.41) is 18.1. The lowest BCUT2D eigenvalue weighted by Gasteiger charge is -2.30. The SMILES string of the molecule is OC1CCCC(C(F)F)C1O. The summed E-state index contributed by atoms with van der Waals surface area (Å²) in [6, 6.07) is 0. The molecule has 1 rings (SSSR count). The average Bonchev–Trinajstić information content (AvgIpc) is 1.94. The van der Waals surface area contributed by atoms with Crippen LogP contribution in [-0.2, 0) is 0 Å². The van der Waals surface area contributed by atoms with Gasteiger partial charge in [-0.15, -0.1) is 0 Å². The topological polar surface area (TPSA) is 40.5 Å². The van der Waals surface area contributed by atoms with E-state index in [1.54, 1.807) is 0 Å². The number of hydrogen-bond acceptors (Lipinski definition) is 2. The highest BCUT2D eigenvalue weighted by molar-refractivity contribution is 4.82. The van der Waals surface area contributed by atoms with Crippen molar-refractivity contribution in [3.63, 3.8) is 0 Å². The lowest BCUT2D eigenvalue weighted by Crippen LogP contribution is -2.40.